The second kappa shape index (κ2) is 5.20. The van der Waals surface area contributed by atoms with Crippen LogP contribution < -0.4 is 10.5 Å². The number of aromatic nitrogens is 2. The molecule has 0 atom stereocenters. The molecule has 88 valence electrons. The molecule has 0 amide bonds. The van der Waals surface area contributed by atoms with E-state index in [0.717, 1.165) is 0 Å². The number of ether oxygens (including phenoxy) is 1. The lowest BCUT2D eigenvalue weighted by Gasteiger charge is -2.08. The Kier molecular flexibility index (Phi) is 3.65. The van der Waals surface area contributed by atoms with Gasteiger partial charge < -0.3 is 10.5 Å². The summed E-state index contributed by atoms with van der Waals surface area (Å²) in [7, 11) is 0. The highest BCUT2D eigenvalue weighted by Gasteiger charge is 2.07. The number of hydrogen-bond acceptors (Lipinski definition) is 4. The molecule has 1 aromatic heterocycles. The van der Waals surface area contributed by atoms with Gasteiger partial charge in [-0.15, -0.1) is 0 Å². The Hall–Kier alpha value is -1.53. The van der Waals surface area contributed by atoms with Gasteiger partial charge in [0.25, 0.3) is 0 Å². The van der Waals surface area contributed by atoms with Gasteiger partial charge in [0.2, 0.25) is 5.88 Å². The summed E-state index contributed by atoms with van der Waals surface area (Å²) >= 11 is 3.07. The van der Waals surface area contributed by atoms with Gasteiger partial charge in [-0.2, -0.15) is 0 Å². The molecule has 1 heterocycles. The molecule has 2 rings (SSSR count). The Labute approximate surface area is 106 Å². The van der Waals surface area contributed by atoms with Gasteiger partial charge in [-0.05, 0) is 28.1 Å². The molecule has 0 aliphatic carbocycles. The quantitative estimate of drug-likeness (QED) is 0.946. The van der Waals surface area contributed by atoms with E-state index in [4.69, 9.17) is 10.5 Å². The van der Waals surface area contributed by atoms with E-state index >= 15 is 0 Å². The van der Waals surface area contributed by atoms with Crippen molar-refractivity contribution in [3.8, 4) is 11.6 Å². The molecule has 0 unspecified atom stereocenters. The van der Waals surface area contributed by atoms with E-state index in [2.05, 4.69) is 25.9 Å². The van der Waals surface area contributed by atoms with Gasteiger partial charge in [0.1, 0.15) is 17.9 Å². The van der Waals surface area contributed by atoms with E-state index in [1.807, 2.05) is 0 Å². The number of nitrogens with two attached hydrogens (primary N) is 1. The van der Waals surface area contributed by atoms with Gasteiger partial charge >= 0.3 is 0 Å². The fraction of sp³-hybridized carbons (Fsp3) is 0.0909. The zero-order valence-electron chi connectivity index (χ0n) is 8.73. The Bertz CT molecular complexity index is 536. The lowest BCUT2D eigenvalue weighted by molar-refractivity contribution is 0.450. The van der Waals surface area contributed by atoms with Crippen LogP contribution in [0.25, 0.3) is 0 Å². The summed E-state index contributed by atoms with van der Waals surface area (Å²) in [6, 6.07) is 4.47. The summed E-state index contributed by atoms with van der Waals surface area (Å²) in [6.45, 7) is 0.259. The molecular formula is C11H9BrFN3O. The molecule has 0 aliphatic heterocycles. The predicted octanol–water partition coefficient (Wildman–Crippen LogP) is 2.63. The zero-order chi connectivity index (χ0) is 12.3. The minimum absolute atomic E-state index is 0.259. The Morgan fingerprint density at radius 2 is 2.24 bits per heavy atom. The molecule has 1 aromatic carbocycles. The van der Waals surface area contributed by atoms with Crippen LogP contribution in [0, 0.1) is 5.82 Å². The maximum Gasteiger partial charge on any atom is 0.226 e. The van der Waals surface area contributed by atoms with E-state index in [0.29, 0.717) is 21.7 Å². The maximum atomic E-state index is 13.3. The highest BCUT2D eigenvalue weighted by Crippen LogP contribution is 2.25. The molecule has 0 saturated carbocycles. The third kappa shape index (κ3) is 2.78. The van der Waals surface area contributed by atoms with E-state index < -0.39 is 5.82 Å². The monoisotopic (exact) mass is 297 g/mol. The van der Waals surface area contributed by atoms with E-state index in [1.54, 1.807) is 18.3 Å². The molecule has 17 heavy (non-hydrogen) atoms. The van der Waals surface area contributed by atoms with Gasteiger partial charge in [-0.25, -0.2) is 14.4 Å². The Balaban J connectivity index is 2.28. The van der Waals surface area contributed by atoms with Crippen molar-refractivity contribution in [3.05, 3.63) is 46.6 Å². The second-order valence-corrected chi connectivity index (χ2v) is 4.09. The first-order chi connectivity index (χ1) is 8.20. The minimum atomic E-state index is -0.397. The highest BCUT2D eigenvalue weighted by molar-refractivity contribution is 9.10. The van der Waals surface area contributed by atoms with Crippen LogP contribution >= 0.6 is 15.9 Å². The summed E-state index contributed by atoms with van der Waals surface area (Å²) in [6.07, 6.45) is 2.92. The number of rotatable bonds is 3. The first kappa shape index (κ1) is 11.9. The molecule has 4 nitrogen and oxygen atoms in total. The number of halogens is 2. The molecule has 0 fully saturated rings. The largest absolute Gasteiger partial charge is 0.438 e. The molecule has 0 radical (unpaired) electrons. The summed E-state index contributed by atoms with van der Waals surface area (Å²) in [5.41, 5.74) is 6.18. The van der Waals surface area contributed by atoms with Crippen LogP contribution in [-0.2, 0) is 6.54 Å². The van der Waals surface area contributed by atoms with Crippen molar-refractivity contribution in [2.45, 2.75) is 6.54 Å². The fourth-order valence-corrected chi connectivity index (χ4v) is 1.48. The Morgan fingerprint density at radius 1 is 1.41 bits per heavy atom. The average Bonchev–Trinajstić information content (AvgIpc) is 2.34. The third-order valence-electron chi connectivity index (χ3n) is 2.07. The van der Waals surface area contributed by atoms with Crippen molar-refractivity contribution < 1.29 is 9.13 Å². The topological polar surface area (TPSA) is 61.0 Å². The molecule has 6 heteroatoms. The highest BCUT2D eigenvalue weighted by atomic mass is 79.9. The number of benzene rings is 1. The van der Waals surface area contributed by atoms with Crippen LogP contribution in [0.4, 0.5) is 4.39 Å². The second-order valence-electron chi connectivity index (χ2n) is 3.24. The van der Waals surface area contributed by atoms with Gasteiger partial charge in [-0.1, -0.05) is 0 Å². The van der Waals surface area contributed by atoms with Crippen LogP contribution in [0.5, 0.6) is 11.6 Å². The summed E-state index contributed by atoms with van der Waals surface area (Å²) in [5.74, 6) is 0.300. The van der Waals surface area contributed by atoms with Crippen LogP contribution in [0.3, 0.4) is 0 Å². The van der Waals surface area contributed by atoms with E-state index in [-0.39, 0.29) is 6.54 Å². The van der Waals surface area contributed by atoms with Gasteiger partial charge in [-0.3, -0.25) is 0 Å². The lowest BCUT2D eigenvalue weighted by Crippen LogP contribution is -2.02. The molecule has 2 aromatic rings. The minimum Gasteiger partial charge on any atom is -0.438 e. The van der Waals surface area contributed by atoms with Crippen molar-refractivity contribution in [2.24, 2.45) is 5.73 Å². The lowest BCUT2D eigenvalue weighted by atomic mass is 10.3. The van der Waals surface area contributed by atoms with Crippen molar-refractivity contribution >= 4 is 15.9 Å². The van der Waals surface area contributed by atoms with Crippen LogP contribution in [0.1, 0.15) is 5.56 Å². The molecule has 0 saturated heterocycles. The molecule has 0 spiro atoms. The van der Waals surface area contributed by atoms with Crippen LogP contribution in [0.2, 0.25) is 0 Å². The van der Waals surface area contributed by atoms with Crippen molar-refractivity contribution in [1.82, 2.24) is 9.97 Å². The number of hydrogen-bond donors (Lipinski definition) is 1. The van der Waals surface area contributed by atoms with Crippen molar-refractivity contribution in [1.29, 1.82) is 0 Å². The summed E-state index contributed by atoms with van der Waals surface area (Å²) in [5, 5.41) is 0. The normalized spacial score (nSPS) is 10.3. The van der Waals surface area contributed by atoms with Gasteiger partial charge in [0.05, 0.1) is 4.47 Å². The predicted molar refractivity (Wildman–Crippen MR) is 64.1 cm³/mol. The van der Waals surface area contributed by atoms with E-state index in [1.165, 1.54) is 12.4 Å². The summed E-state index contributed by atoms with van der Waals surface area (Å²) in [4.78, 5) is 7.79. The van der Waals surface area contributed by atoms with Crippen molar-refractivity contribution in [2.75, 3.05) is 0 Å². The molecule has 0 bridgehead atoms. The zero-order valence-corrected chi connectivity index (χ0v) is 10.3. The van der Waals surface area contributed by atoms with Crippen molar-refractivity contribution in [3.63, 3.8) is 0 Å². The first-order valence-corrected chi connectivity index (χ1v) is 5.62. The molecular weight excluding hydrogens is 289 g/mol. The Morgan fingerprint density at radius 3 is 2.94 bits per heavy atom. The maximum absolute atomic E-state index is 13.3. The van der Waals surface area contributed by atoms with Gasteiger partial charge in [0, 0.05) is 24.4 Å². The SMILES string of the molecule is NCc1cncnc1Oc1ccc(Br)c(F)c1. The van der Waals surface area contributed by atoms with Crippen LogP contribution in [0.15, 0.2) is 35.2 Å². The average molecular weight is 298 g/mol. The van der Waals surface area contributed by atoms with E-state index in [9.17, 15) is 4.39 Å². The first-order valence-electron chi connectivity index (χ1n) is 4.82. The molecule has 2 N–H and O–H groups in total. The standard InChI is InChI=1S/C11H9BrFN3O/c12-9-2-1-8(3-10(9)13)17-11-7(4-14)5-15-6-16-11/h1-3,5-6H,4,14H2. The summed E-state index contributed by atoms with van der Waals surface area (Å²) < 4.78 is 19.1. The molecule has 0 aliphatic rings. The van der Waals surface area contributed by atoms with Crippen LogP contribution in [-0.4, -0.2) is 9.97 Å². The smallest absolute Gasteiger partial charge is 0.226 e. The number of nitrogens with zero attached hydrogens (tertiary/aromatic N) is 2. The third-order valence-corrected chi connectivity index (χ3v) is 2.72. The van der Waals surface area contributed by atoms with Gasteiger partial charge in [0.15, 0.2) is 0 Å². The fourth-order valence-electron chi connectivity index (χ4n) is 1.23.